The van der Waals surface area contributed by atoms with Crippen molar-refractivity contribution in [2.45, 2.75) is 46.1 Å². The smallest absolute Gasteiger partial charge is 0.191 e. The van der Waals surface area contributed by atoms with Crippen molar-refractivity contribution in [2.24, 2.45) is 4.99 Å². The zero-order chi connectivity index (χ0) is 20.6. The highest BCUT2D eigenvalue weighted by Gasteiger charge is 2.22. The molecular formula is C22H31IN6S. The number of guanidine groups is 1. The monoisotopic (exact) mass is 538 g/mol. The van der Waals surface area contributed by atoms with Crippen LogP contribution in [0.15, 0.2) is 29.3 Å². The minimum atomic E-state index is 0. The lowest BCUT2D eigenvalue weighted by molar-refractivity contribution is 0.468. The van der Waals surface area contributed by atoms with Gasteiger partial charge in [-0.3, -0.25) is 4.99 Å². The summed E-state index contributed by atoms with van der Waals surface area (Å²) in [5.41, 5.74) is 2.89. The molecule has 1 aliphatic heterocycles. The number of halogens is 1. The molecule has 1 unspecified atom stereocenters. The SMILES string of the molecule is CCNC(=NCCc1sc(C)nc1C)NC1CCCN(c2ccccc2C#N)C1.I. The van der Waals surface area contributed by atoms with Gasteiger partial charge in [-0.25, -0.2) is 4.98 Å². The van der Waals surface area contributed by atoms with E-state index in [1.54, 1.807) is 11.3 Å². The second kappa shape index (κ2) is 12.1. The number of thiazole rings is 1. The molecule has 30 heavy (non-hydrogen) atoms. The fourth-order valence-electron chi connectivity index (χ4n) is 3.75. The second-order valence-electron chi connectivity index (χ2n) is 7.31. The van der Waals surface area contributed by atoms with Gasteiger partial charge in [-0.05, 0) is 45.7 Å². The van der Waals surface area contributed by atoms with Gasteiger partial charge in [0.1, 0.15) is 6.07 Å². The molecule has 3 rings (SSSR count). The Bertz CT molecular complexity index is 888. The van der Waals surface area contributed by atoms with E-state index in [4.69, 9.17) is 4.99 Å². The average molecular weight is 539 g/mol. The van der Waals surface area contributed by atoms with Crippen LogP contribution >= 0.6 is 35.3 Å². The van der Waals surface area contributed by atoms with Gasteiger partial charge < -0.3 is 15.5 Å². The number of rotatable bonds is 6. The molecule has 2 heterocycles. The van der Waals surface area contributed by atoms with Crippen molar-refractivity contribution < 1.29 is 0 Å². The molecule has 2 aromatic rings. The Morgan fingerprint density at radius 1 is 1.37 bits per heavy atom. The number of aromatic nitrogens is 1. The molecule has 0 radical (unpaired) electrons. The molecule has 1 saturated heterocycles. The van der Waals surface area contributed by atoms with Crippen molar-refractivity contribution in [3.63, 3.8) is 0 Å². The predicted molar refractivity (Wildman–Crippen MR) is 136 cm³/mol. The highest BCUT2D eigenvalue weighted by atomic mass is 127. The van der Waals surface area contributed by atoms with Crippen molar-refractivity contribution in [2.75, 3.05) is 31.1 Å². The highest BCUT2D eigenvalue weighted by molar-refractivity contribution is 14.0. The summed E-state index contributed by atoms with van der Waals surface area (Å²) in [6, 6.07) is 10.5. The zero-order valence-corrected chi connectivity index (χ0v) is 21.1. The Morgan fingerprint density at radius 2 is 2.17 bits per heavy atom. The first kappa shape index (κ1) is 24.4. The quantitative estimate of drug-likeness (QED) is 0.330. The molecule has 1 aromatic heterocycles. The van der Waals surface area contributed by atoms with Crippen LogP contribution in [0.1, 0.15) is 40.9 Å². The molecular weight excluding hydrogens is 507 g/mol. The zero-order valence-electron chi connectivity index (χ0n) is 17.9. The van der Waals surface area contributed by atoms with Crippen LogP contribution in [-0.2, 0) is 6.42 Å². The molecule has 1 aromatic carbocycles. The molecule has 0 aliphatic carbocycles. The fourth-order valence-corrected chi connectivity index (χ4v) is 4.67. The lowest BCUT2D eigenvalue weighted by atomic mass is 10.0. The number of hydrogen-bond acceptors (Lipinski definition) is 5. The summed E-state index contributed by atoms with van der Waals surface area (Å²) in [4.78, 5) is 12.9. The minimum Gasteiger partial charge on any atom is -0.368 e. The Balaban J connectivity index is 0.00000320. The predicted octanol–water partition coefficient (Wildman–Crippen LogP) is 4.02. The number of aliphatic imine (C=N–C) groups is 1. The van der Waals surface area contributed by atoms with E-state index in [2.05, 4.69) is 47.4 Å². The molecule has 1 atom stereocenters. The van der Waals surface area contributed by atoms with Crippen molar-refractivity contribution >= 4 is 47.0 Å². The van der Waals surface area contributed by atoms with Crippen molar-refractivity contribution in [3.8, 4) is 6.07 Å². The standard InChI is InChI=1S/C22H30N6S.HI/c1-4-24-22(25-12-11-21-16(2)26-17(3)29-21)27-19-9-7-13-28(15-19)20-10-6-5-8-18(20)14-23;/h5-6,8,10,19H,4,7,9,11-13,15H2,1-3H3,(H2,24,25,27);1H. The van der Waals surface area contributed by atoms with E-state index in [1.165, 1.54) is 4.88 Å². The molecule has 0 bridgehead atoms. The molecule has 0 spiro atoms. The largest absolute Gasteiger partial charge is 0.368 e. The first-order valence-electron chi connectivity index (χ1n) is 10.3. The first-order chi connectivity index (χ1) is 14.1. The second-order valence-corrected chi connectivity index (χ2v) is 8.60. The maximum atomic E-state index is 9.42. The molecule has 162 valence electrons. The summed E-state index contributed by atoms with van der Waals surface area (Å²) in [5, 5.41) is 17.5. The van der Waals surface area contributed by atoms with Crippen molar-refractivity contribution in [1.82, 2.24) is 15.6 Å². The number of hydrogen-bond donors (Lipinski definition) is 2. The number of piperidine rings is 1. The highest BCUT2D eigenvalue weighted by Crippen LogP contribution is 2.23. The third kappa shape index (κ3) is 6.57. The van der Waals surface area contributed by atoms with E-state index in [9.17, 15) is 5.26 Å². The van der Waals surface area contributed by atoms with Gasteiger partial charge in [-0.15, -0.1) is 35.3 Å². The minimum absolute atomic E-state index is 0. The Labute approximate surface area is 200 Å². The van der Waals surface area contributed by atoms with E-state index in [0.29, 0.717) is 6.04 Å². The van der Waals surface area contributed by atoms with Gasteiger partial charge in [0.05, 0.1) is 22.0 Å². The van der Waals surface area contributed by atoms with Gasteiger partial charge in [0.25, 0.3) is 0 Å². The van der Waals surface area contributed by atoms with E-state index in [1.807, 2.05) is 24.3 Å². The number of nitrogens with one attached hydrogen (secondary N) is 2. The molecule has 0 amide bonds. The van der Waals surface area contributed by atoms with Crippen LogP contribution in [0.2, 0.25) is 0 Å². The third-order valence-electron chi connectivity index (χ3n) is 5.08. The lowest BCUT2D eigenvalue weighted by Gasteiger charge is -2.35. The molecule has 1 fully saturated rings. The normalized spacial score (nSPS) is 16.5. The molecule has 6 nitrogen and oxygen atoms in total. The van der Waals surface area contributed by atoms with E-state index < -0.39 is 0 Å². The van der Waals surface area contributed by atoms with Crippen LogP contribution in [0.3, 0.4) is 0 Å². The number of benzene rings is 1. The topological polar surface area (TPSA) is 76.3 Å². The summed E-state index contributed by atoms with van der Waals surface area (Å²) in [6.45, 7) is 9.63. The van der Waals surface area contributed by atoms with Crippen LogP contribution in [0, 0.1) is 25.2 Å². The summed E-state index contributed by atoms with van der Waals surface area (Å²) in [6.07, 6.45) is 3.11. The number of nitrogens with zero attached hydrogens (tertiary/aromatic N) is 4. The number of para-hydroxylation sites is 1. The summed E-state index contributed by atoms with van der Waals surface area (Å²) < 4.78 is 0. The van der Waals surface area contributed by atoms with Crippen LogP contribution < -0.4 is 15.5 Å². The van der Waals surface area contributed by atoms with Crippen LogP contribution in [0.4, 0.5) is 5.69 Å². The van der Waals surface area contributed by atoms with E-state index in [0.717, 1.165) is 73.4 Å². The number of nitriles is 1. The number of anilines is 1. The average Bonchev–Trinajstić information content (AvgIpc) is 3.05. The van der Waals surface area contributed by atoms with Gasteiger partial charge >= 0.3 is 0 Å². The third-order valence-corrected chi connectivity index (χ3v) is 6.21. The Morgan fingerprint density at radius 3 is 2.87 bits per heavy atom. The van der Waals surface area contributed by atoms with E-state index in [-0.39, 0.29) is 24.0 Å². The van der Waals surface area contributed by atoms with Gasteiger partial charge in [-0.2, -0.15) is 5.26 Å². The van der Waals surface area contributed by atoms with Crippen LogP contribution in [0.5, 0.6) is 0 Å². The summed E-state index contributed by atoms with van der Waals surface area (Å²) >= 11 is 1.76. The fraction of sp³-hybridized carbons (Fsp3) is 0.500. The molecule has 8 heteroatoms. The molecule has 0 saturated carbocycles. The molecule has 2 N–H and O–H groups in total. The van der Waals surface area contributed by atoms with Gasteiger partial charge in [0, 0.05) is 43.5 Å². The summed E-state index contributed by atoms with van der Waals surface area (Å²) in [5.74, 6) is 0.867. The van der Waals surface area contributed by atoms with Crippen molar-refractivity contribution in [1.29, 1.82) is 5.26 Å². The van der Waals surface area contributed by atoms with E-state index >= 15 is 0 Å². The molecule has 1 aliphatic rings. The van der Waals surface area contributed by atoms with Crippen LogP contribution in [0.25, 0.3) is 0 Å². The van der Waals surface area contributed by atoms with Gasteiger partial charge in [-0.1, -0.05) is 12.1 Å². The van der Waals surface area contributed by atoms with Crippen LogP contribution in [-0.4, -0.2) is 43.2 Å². The Kier molecular flexibility index (Phi) is 9.85. The summed E-state index contributed by atoms with van der Waals surface area (Å²) in [7, 11) is 0. The van der Waals surface area contributed by atoms with Gasteiger partial charge in [0.15, 0.2) is 5.96 Å². The van der Waals surface area contributed by atoms with Gasteiger partial charge in [0.2, 0.25) is 0 Å². The first-order valence-corrected chi connectivity index (χ1v) is 11.1. The maximum absolute atomic E-state index is 9.42. The number of aryl methyl sites for hydroxylation is 2. The van der Waals surface area contributed by atoms with Crippen molar-refractivity contribution in [3.05, 3.63) is 45.4 Å². The Hall–Kier alpha value is -1.86. The maximum Gasteiger partial charge on any atom is 0.191 e. The lowest BCUT2D eigenvalue weighted by Crippen LogP contribution is -2.51.